The number of amidine groups is 1. The van der Waals surface area contributed by atoms with Gasteiger partial charge in [0, 0.05) is 35.7 Å². The zero-order valence-electron chi connectivity index (χ0n) is 18.0. The van der Waals surface area contributed by atoms with Crippen molar-refractivity contribution < 1.29 is 21.2 Å². The van der Waals surface area contributed by atoms with Crippen LogP contribution in [0, 0.1) is 11.8 Å². The lowest BCUT2D eigenvalue weighted by Crippen LogP contribution is -2.38. The summed E-state index contributed by atoms with van der Waals surface area (Å²) in [6.45, 7) is 6.09. The number of allylic oxidation sites excluding steroid dienone is 4. The highest BCUT2D eigenvalue weighted by atomic mass is 32.2. The summed E-state index contributed by atoms with van der Waals surface area (Å²) in [5, 5.41) is 0.556. The Balaban J connectivity index is 1.42. The van der Waals surface area contributed by atoms with Gasteiger partial charge in [-0.2, -0.15) is 8.42 Å². The Kier molecular flexibility index (Phi) is 6.35. The van der Waals surface area contributed by atoms with Crippen LogP contribution in [0.25, 0.3) is 0 Å². The molecular weight excluding hydrogens is 441 g/mol. The summed E-state index contributed by atoms with van der Waals surface area (Å²) in [6.07, 6.45) is 9.53. The minimum Gasteiger partial charge on any atom is -0.317 e. The van der Waals surface area contributed by atoms with E-state index in [0.29, 0.717) is 24.7 Å². The van der Waals surface area contributed by atoms with Crippen LogP contribution in [0.2, 0.25) is 0 Å². The molecule has 2 aliphatic heterocycles. The Morgan fingerprint density at radius 3 is 2.81 bits per heavy atom. The standard InChI is InChI=1S/C21H28FN3O4S2/c1-4-24(18-7-5-16(22)6-8-18)12-17-9-10-25-20(14(2)30(26)21(25)23-17)19-11-15(19)13-29-31(3,27)28/h5-7,9,15,18-19H,4,8,10-13H2,1-3H3. The summed E-state index contributed by atoms with van der Waals surface area (Å²) in [6, 6.07) is 0.121. The number of likely N-dealkylation sites (N-methyl/N-ethyl adjacent to an activating group) is 1. The van der Waals surface area contributed by atoms with Crippen LogP contribution in [0.15, 0.2) is 51.4 Å². The Bertz CT molecular complexity index is 1040. The highest BCUT2D eigenvalue weighted by Crippen LogP contribution is 2.49. The van der Waals surface area contributed by atoms with Gasteiger partial charge in [0.25, 0.3) is 10.1 Å². The Morgan fingerprint density at radius 2 is 2.16 bits per heavy atom. The lowest BCUT2D eigenvalue weighted by atomic mass is 10.1. The van der Waals surface area contributed by atoms with Crippen LogP contribution < -0.4 is 0 Å². The lowest BCUT2D eigenvalue weighted by molar-refractivity contribution is 0.258. The lowest BCUT2D eigenvalue weighted by Gasteiger charge is -2.31. The maximum Gasteiger partial charge on any atom is 0.264 e. The molecule has 1 fully saturated rings. The smallest absolute Gasteiger partial charge is 0.264 e. The van der Waals surface area contributed by atoms with Crippen molar-refractivity contribution in [3.8, 4) is 0 Å². The van der Waals surface area contributed by atoms with Gasteiger partial charge in [0.1, 0.15) is 16.6 Å². The SMILES string of the molecule is CCN(CC1=CCN2C(=N1)S(=O)C(C)=C2C1CC1COS(C)(=O)=O)C1C=CC(F)=CC1. The molecule has 0 bridgehead atoms. The van der Waals surface area contributed by atoms with Gasteiger partial charge < -0.3 is 4.90 Å². The first-order valence-corrected chi connectivity index (χ1v) is 13.4. The number of hydrogen-bond donors (Lipinski definition) is 0. The molecule has 31 heavy (non-hydrogen) atoms. The van der Waals surface area contributed by atoms with Crippen LogP contribution in [0.1, 0.15) is 26.7 Å². The number of aliphatic imine (C=N–C) groups is 1. The van der Waals surface area contributed by atoms with Crippen LogP contribution >= 0.6 is 0 Å². The highest BCUT2D eigenvalue weighted by molar-refractivity contribution is 8.04. The molecule has 0 aromatic carbocycles. The van der Waals surface area contributed by atoms with Crippen molar-refractivity contribution >= 4 is 26.1 Å². The minimum atomic E-state index is -3.46. The summed E-state index contributed by atoms with van der Waals surface area (Å²) in [7, 11) is -4.78. The Morgan fingerprint density at radius 1 is 1.39 bits per heavy atom. The van der Waals surface area contributed by atoms with E-state index < -0.39 is 20.9 Å². The van der Waals surface area contributed by atoms with Gasteiger partial charge in [0.15, 0.2) is 0 Å². The van der Waals surface area contributed by atoms with Gasteiger partial charge in [0.2, 0.25) is 5.17 Å². The van der Waals surface area contributed by atoms with Gasteiger partial charge in [-0.15, -0.1) is 0 Å². The van der Waals surface area contributed by atoms with Crippen LogP contribution in [0.5, 0.6) is 0 Å². The van der Waals surface area contributed by atoms with Crippen molar-refractivity contribution in [3.05, 3.63) is 46.4 Å². The second-order valence-corrected chi connectivity index (χ2v) is 11.5. The monoisotopic (exact) mass is 469 g/mol. The van der Waals surface area contributed by atoms with E-state index in [2.05, 4.69) is 17.9 Å². The second kappa shape index (κ2) is 8.73. The van der Waals surface area contributed by atoms with Gasteiger partial charge in [-0.1, -0.05) is 13.0 Å². The molecule has 0 amide bonds. The molecule has 10 heteroatoms. The number of halogens is 1. The minimum absolute atomic E-state index is 0.114. The van der Waals surface area contributed by atoms with Crippen molar-refractivity contribution in [3.63, 3.8) is 0 Å². The van der Waals surface area contributed by atoms with Crippen molar-refractivity contribution in [2.24, 2.45) is 16.8 Å². The predicted octanol–water partition coefficient (Wildman–Crippen LogP) is 2.65. The van der Waals surface area contributed by atoms with E-state index in [1.54, 1.807) is 6.08 Å². The van der Waals surface area contributed by atoms with Crippen LogP contribution in [-0.2, 0) is 25.1 Å². The number of nitrogens with zero attached hydrogens (tertiary/aromatic N) is 3. The first kappa shape index (κ1) is 22.6. The van der Waals surface area contributed by atoms with E-state index in [4.69, 9.17) is 9.18 Å². The number of hydrogen-bond acceptors (Lipinski definition) is 7. The normalized spacial score (nSPS) is 30.4. The molecule has 0 aromatic rings. The average molecular weight is 470 g/mol. The first-order valence-electron chi connectivity index (χ1n) is 10.5. The fourth-order valence-electron chi connectivity index (χ4n) is 4.33. The zero-order chi connectivity index (χ0) is 22.3. The van der Waals surface area contributed by atoms with Gasteiger partial charge in [-0.25, -0.2) is 13.6 Å². The van der Waals surface area contributed by atoms with Gasteiger partial charge in [0.05, 0.1) is 18.6 Å². The zero-order valence-corrected chi connectivity index (χ0v) is 19.6. The van der Waals surface area contributed by atoms with E-state index in [1.807, 2.05) is 17.9 Å². The highest BCUT2D eigenvalue weighted by Gasteiger charge is 2.48. The quantitative estimate of drug-likeness (QED) is 0.509. The molecule has 170 valence electrons. The molecule has 0 aromatic heterocycles. The average Bonchev–Trinajstić information content (AvgIpc) is 3.45. The maximum absolute atomic E-state index is 13.3. The van der Waals surface area contributed by atoms with Gasteiger partial charge in [-0.3, -0.25) is 9.08 Å². The third kappa shape index (κ3) is 4.92. The fraction of sp³-hybridized carbons (Fsp3) is 0.571. The Hall–Kier alpha value is -1.62. The van der Waals surface area contributed by atoms with Crippen molar-refractivity contribution in [2.45, 2.75) is 32.7 Å². The molecule has 0 radical (unpaired) electrons. The molecule has 0 saturated heterocycles. The largest absolute Gasteiger partial charge is 0.317 e. The summed E-state index contributed by atoms with van der Waals surface area (Å²) in [5.41, 5.74) is 1.87. The molecule has 4 atom stereocenters. The molecule has 4 unspecified atom stereocenters. The maximum atomic E-state index is 13.3. The second-order valence-electron chi connectivity index (χ2n) is 8.32. The summed E-state index contributed by atoms with van der Waals surface area (Å²) < 4.78 is 53.8. The summed E-state index contributed by atoms with van der Waals surface area (Å²) >= 11 is 0. The number of rotatable bonds is 8. The molecular formula is C21H28FN3O4S2. The number of fused-ring (bicyclic) bond motifs is 1. The van der Waals surface area contributed by atoms with E-state index in [-0.39, 0.29) is 30.3 Å². The third-order valence-electron chi connectivity index (χ3n) is 6.12. The van der Waals surface area contributed by atoms with Crippen LogP contribution in [-0.4, -0.2) is 66.1 Å². The molecule has 4 aliphatic rings. The third-order valence-corrected chi connectivity index (χ3v) is 8.09. The van der Waals surface area contributed by atoms with E-state index >= 15 is 0 Å². The van der Waals surface area contributed by atoms with E-state index in [0.717, 1.165) is 35.5 Å². The molecule has 2 aliphatic carbocycles. The predicted molar refractivity (Wildman–Crippen MR) is 119 cm³/mol. The van der Waals surface area contributed by atoms with Gasteiger partial charge in [-0.05, 0) is 50.5 Å². The van der Waals surface area contributed by atoms with Crippen molar-refractivity contribution in [2.75, 3.05) is 32.5 Å². The summed E-state index contributed by atoms with van der Waals surface area (Å²) in [5.74, 6) is 0.0638. The molecule has 4 rings (SSSR count). The molecule has 0 spiro atoms. The molecule has 0 N–H and O–H groups in total. The van der Waals surface area contributed by atoms with Crippen LogP contribution in [0.3, 0.4) is 0 Å². The van der Waals surface area contributed by atoms with Crippen molar-refractivity contribution in [1.82, 2.24) is 9.80 Å². The Labute approximate surface area is 185 Å². The molecule has 1 saturated carbocycles. The first-order chi connectivity index (χ1) is 14.7. The van der Waals surface area contributed by atoms with E-state index in [9.17, 15) is 17.0 Å². The molecule has 7 nitrogen and oxygen atoms in total. The fourth-order valence-corrected chi connectivity index (χ4v) is 6.05. The summed E-state index contributed by atoms with van der Waals surface area (Å²) in [4.78, 5) is 9.75. The van der Waals surface area contributed by atoms with Gasteiger partial charge >= 0.3 is 0 Å². The van der Waals surface area contributed by atoms with Crippen LogP contribution in [0.4, 0.5) is 4.39 Å². The van der Waals surface area contributed by atoms with Crippen molar-refractivity contribution in [1.29, 1.82) is 0 Å². The van der Waals surface area contributed by atoms with E-state index in [1.165, 1.54) is 6.08 Å². The topological polar surface area (TPSA) is 79.3 Å². The molecule has 2 heterocycles.